The minimum atomic E-state index is -0.593. The van der Waals surface area contributed by atoms with Crippen molar-refractivity contribution in [2.24, 2.45) is 0 Å². The molecule has 0 radical (unpaired) electrons. The number of hydrogen-bond donors (Lipinski definition) is 1. The molecule has 2 amide bonds. The maximum Gasteiger partial charge on any atom is 0.243 e. The Balaban J connectivity index is 2.25. The molecule has 30 heavy (non-hydrogen) atoms. The normalized spacial score (nSPS) is 11.6. The average molecular weight is 413 g/mol. The second-order valence-corrected chi connectivity index (χ2v) is 7.07. The standard InChI is InChI=1S/C24H32N2O4/c1-4-23(27)26(18-20-11-13-21(30-3)14-12-20)22(17-19-9-6-5-7-10-19)24(28)25-15-8-16-29-2/h5-7,9-14,22H,4,8,15-18H2,1-3H3,(H,25,28)/t22-/m0/s1. The zero-order valence-corrected chi connectivity index (χ0v) is 18.1. The number of rotatable bonds is 12. The summed E-state index contributed by atoms with van der Waals surface area (Å²) in [7, 11) is 3.25. The minimum Gasteiger partial charge on any atom is -0.497 e. The number of benzene rings is 2. The summed E-state index contributed by atoms with van der Waals surface area (Å²) >= 11 is 0. The number of methoxy groups -OCH3 is 2. The van der Waals surface area contributed by atoms with Crippen LogP contribution in [0, 0.1) is 0 Å². The summed E-state index contributed by atoms with van der Waals surface area (Å²) in [4.78, 5) is 27.6. The molecule has 0 saturated carbocycles. The van der Waals surface area contributed by atoms with E-state index in [4.69, 9.17) is 9.47 Å². The summed E-state index contributed by atoms with van der Waals surface area (Å²) in [6, 6.07) is 16.8. The molecule has 0 bridgehead atoms. The van der Waals surface area contributed by atoms with Crippen LogP contribution in [0.1, 0.15) is 30.9 Å². The molecule has 0 saturated heterocycles. The van der Waals surface area contributed by atoms with Gasteiger partial charge in [-0.2, -0.15) is 0 Å². The molecule has 2 rings (SSSR count). The third-order valence-corrected chi connectivity index (χ3v) is 4.91. The van der Waals surface area contributed by atoms with E-state index >= 15 is 0 Å². The highest BCUT2D eigenvalue weighted by atomic mass is 16.5. The zero-order valence-electron chi connectivity index (χ0n) is 18.1. The lowest BCUT2D eigenvalue weighted by Gasteiger charge is -2.31. The van der Waals surface area contributed by atoms with E-state index in [9.17, 15) is 9.59 Å². The molecule has 0 aromatic heterocycles. The van der Waals surface area contributed by atoms with Gasteiger partial charge in [0.15, 0.2) is 0 Å². The number of carbonyl (C=O) groups excluding carboxylic acids is 2. The van der Waals surface area contributed by atoms with Crippen LogP contribution in [0.3, 0.4) is 0 Å². The topological polar surface area (TPSA) is 67.9 Å². The second-order valence-electron chi connectivity index (χ2n) is 7.07. The van der Waals surface area contributed by atoms with Gasteiger partial charge >= 0.3 is 0 Å². The van der Waals surface area contributed by atoms with Gasteiger partial charge in [-0.25, -0.2) is 0 Å². The summed E-state index contributed by atoms with van der Waals surface area (Å²) in [5.74, 6) is 0.549. The molecular weight excluding hydrogens is 380 g/mol. The number of ether oxygens (including phenoxy) is 2. The Bertz CT molecular complexity index is 778. The van der Waals surface area contributed by atoms with Crippen LogP contribution in [0.5, 0.6) is 5.75 Å². The van der Waals surface area contributed by atoms with Gasteiger partial charge < -0.3 is 19.7 Å². The first-order valence-electron chi connectivity index (χ1n) is 10.3. The van der Waals surface area contributed by atoms with Crippen LogP contribution in [0.4, 0.5) is 0 Å². The Hall–Kier alpha value is -2.86. The molecular formula is C24H32N2O4. The van der Waals surface area contributed by atoms with Crippen molar-refractivity contribution in [3.8, 4) is 5.75 Å². The van der Waals surface area contributed by atoms with E-state index in [-0.39, 0.29) is 11.8 Å². The average Bonchev–Trinajstić information content (AvgIpc) is 2.79. The minimum absolute atomic E-state index is 0.0567. The van der Waals surface area contributed by atoms with Crippen molar-refractivity contribution in [2.45, 2.75) is 38.8 Å². The van der Waals surface area contributed by atoms with Crippen LogP contribution in [-0.4, -0.2) is 50.1 Å². The second kappa shape index (κ2) is 12.6. The third-order valence-electron chi connectivity index (χ3n) is 4.91. The first kappa shape index (κ1) is 23.4. The Morgan fingerprint density at radius 1 is 1.00 bits per heavy atom. The fourth-order valence-corrected chi connectivity index (χ4v) is 3.23. The van der Waals surface area contributed by atoms with Gasteiger partial charge in [0.25, 0.3) is 0 Å². The SMILES string of the molecule is CCC(=O)N(Cc1ccc(OC)cc1)[C@@H](Cc1ccccc1)C(=O)NCCCOC. The van der Waals surface area contributed by atoms with Crippen molar-refractivity contribution in [3.05, 3.63) is 65.7 Å². The van der Waals surface area contributed by atoms with Gasteiger partial charge in [0.2, 0.25) is 11.8 Å². The highest BCUT2D eigenvalue weighted by molar-refractivity contribution is 5.87. The number of nitrogens with zero attached hydrogens (tertiary/aromatic N) is 1. The van der Waals surface area contributed by atoms with Gasteiger partial charge in [0.1, 0.15) is 11.8 Å². The summed E-state index contributed by atoms with van der Waals surface area (Å²) < 4.78 is 10.3. The zero-order chi connectivity index (χ0) is 21.8. The van der Waals surface area contributed by atoms with E-state index in [0.717, 1.165) is 23.3 Å². The molecule has 1 N–H and O–H groups in total. The predicted molar refractivity (Wildman–Crippen MR) is 117 cm³/mol. The number of nitrogens with one attached hydrogen (secondary N) is 1. The Labute approximate surface area is 179 Å². The maximum absolute atomic E-state index is 13.1. The van der Waals surface area contributed by atoms with Crippen LogP contribution in [0.25, 0.3) is 0 Å². The van der Waals surface area contributed by atoms with E-state index in [1.165, 1.54) is 0 Å². The molecule has 1 atom stereocenters. The molecule has 0 unspecified atom stereocenters. The van der Waals surface area contributed by atoms with E-state index in [0.29, 0.717) is 32.5 Å². The largest absolute Gasteiger partial charge is 0.497 e. The molecule has 6 heteroatoms. The van der Waals surface area contributed by atoms with Crippen LogP contribution >= 0.6 is 0 Å². The van der Waals surface area contributed by atoms with Gasteiger partial charge in [-0.1, -0.05) is 49.4 Å². The van der Waals surface area contributed by atoms with Crippen molar-refractivity contribution < 1.29 is 19.1 Å². The molecule has 6 nitrogen and oxygen atoms in total. The monoisotopic (exact) mass is 412 g/mol. The maximum atomic E-state index is 13.1. The predicted octanol–water partition coefficient (Wildman–Crippen LogP) is 3.20. The number of hydrogen-bond acceptors (Lipinski definition) is 4. The smallest absolute Gasteiger partial charge is 0.243 e. The molecule has 0 aliphatic carbocycles. The summed E-state index contributed by atoms with van der Waals surface area (Å²) in [6.07, 6.45) is 1.51. The van der Waals surface area contributed by atoms with Gasteiger partial charge in [-0.15, -0.1) is 0 Å². The lowest BCUT2D eigenvalue weighted by Crippen LogP contribution is -2.50. The van der Waals surface area contributed by atoms with Crippen molar-refractivity contribution >= 4 is 11.8 Å². The first-order valence-corrected chi connectivity index (χ1v) is 10.3. The van der Waals surface area contributed by atoms with E-state index < -0.39 is 6.04 Å². The van der Waals surface area contributed by atoms with Gasteiger partial charge in [0, 0.05) is 39.6 Å². The third kappa shape index (κ3) is 7.19. The van der Waals surface area contributed by atoms with Crippen molar-refractivity contribution in [1.29, 1.82) is 0 Å². The number of carbonyl (C=O) groups is 2. The summed E-state index contributed by atoms with van der Waals surface area (Å²) in [5.41, 5.74) is 1.96. The summed E-state index contributed by atoms with van der Waals surface area (Å²) in [5, 5.41) is 2.97. The Morgan fingerprint density at radius 2 is 1.70 bits per heavy atom. The molecule has 0 fully saturated rings. The molecule has 0 aliphatic rings. The molecule has 0 aliphatic heterocycles. The fourth-order valence-electron chi connectivity index (χ4n) is 3.23. The van der Waals surface area contributed by atoms with E-state index in [2.05, 4.69) is 5.32 Å². The highest BCUT2D eigenvalue weighted by Crippen LogP contribution is 2.18. The van der Waals surface area contributed by atoms with Crippen molar-refractivity contribution in [3.63, 3.8) is 0 Å². The quantitative estimate of drug-likeness (QED) is 0.544. The van der Waals surface area contributed by atoms with Gasteiger partial charge in [-0.05, 0) is 29.7 Å². The van der Waals surface area contributed by atoms with E-state index in [1.807, 2.05) is 61.5 Å². The molecule has 0 heterocycles. The lowest BCUT2D eigenvalue weighted by molar-refractivity contribution is -0.141. The molecule has 2 aromatic carbocycles. The van der Waals surface area contributed by atoms with Crippen LogP contribution in [-0.2, 0) is 27.3 Å². The van der Waals surface area contributed by atoms with E-state index in [1.54, 1.807) is 19.1 Å². The summed E-state index contributed by atoms with van der Waals surface area (Å²) in [6.45, 7) is 3.26. The molecule has 162 valence electrons. The van der Waals surface area contributed by atoms with Crippen LogP contribution < -0.4 is 10.1 Å². The Kier molecular flexibility index (Phi) is 9.87. The number of amides is 2. The first-order chi connectivity index (χ1) is 14.6. The molecule has 0 spiro atoms. The molecule has 2 aromatic rings. The lowest BCUT2D eigenvalue weighted by atomic mass is 10.0. The van der Waals surface area contributed by atoms with Crippen LogP contribution in [0.2, 0.25) is 0 Å². The highest BCUT2D eigenvalue weighted by Gasteiger charge is 2.29. The Morgan fingerprint density at radius 3 is 2.30 bits per heavy atom. The van der Waals surface area contributed by atoms with Gasteiger partial charge in [0.05, 0.1) is 7.11 Å². The van der Waals surface area contributed by atoms with Crippen molar-refractivity contribution in [1.82, 2.24) is 10.2 Å². The van der Waals surface area contributed by atoms with Crippen LogP contribution in [0.15, 0.2) is 54.6 Å². The fraction of sp³-hybridized carbons (Fsp3) is 0.417. The van der Waals surface area contributed by atoms with Crippen molar-refractivity contribution in [2.75, 3.05) is 27.4 Å². The van der Waals surface area contributed by atoms with Gasteiger partial charge in [-0.3, -0.25) is 9.59 Å².